The van der Waals surface area contributed by atoms with Gasteiger partial charge in [0.05, 0.1) is 0 Å². The van der Waals surface area contributed by atoms with E-state index in [0.29, 0.717) is 12.1 Å². The van der Waals surface area contributed by atoms with Gasteiger partial charge in [-0.2, -0.15) is 0 Å². The number of hydrogen-bond donors (Lipinski definition) is 1. The van der Waals surface area contributed by atoms with E-state index in [-0.39, 0.29) is 0 Å². The highest BCUT2D eigenvalue weighted by Crippen LogP contribution is 2.33. The second-order valence-electron chi connectivity index (χ2n) is 6.79. The first-order valence-electron chi connectivity index (χ1n) is 8.76. The van der Waals surface area contributed by atoms with Crippen molar-refractivity contribution in [2.75, 3.05) is 18.0 Å². The normalized spacial score (nSPS) is 29.4. The molecule has 21 heavy (non-hydrogen) atoms. The van der Waals surface area contributed by atoms with Crippen molar-refractivity contribution in [3.05, 3.63) is 17.6 Å². The molecule has 1 aliphatic carbocycles. The largest absolute Gasteiger partial charge is 0.352 e. The van der Waals surface area contributed by atoms with E-state index < -0.39 is 0 Å². The fraction of sp³-hybridized carbons (Fsp3) is 0.765. The lowest BCUT2D eigenvalue weighted by Crippen LogP contribution is -2.51. The zero-order valence-electron chi connectivity index (χ0n) is 12.9. The summed E-state index contributed by atoms with van der Waals surface area (Å²) in [5.41, 5.74) is 2.77. The second-order valence-corrected chi connectivity index (χ2v) is 6.79. The molecule has 2 atom stereocenters. The molecule has 0 bridgehead atoms. The van der Waals surface area contributed by atoms with Gasteiger partial charge in [0.25, 0.3) is 0 Å². The van der Waals surface area contributed by atoms with Crippen molar-refractivity contribution < 1.29 is 0 Å². The number of aryl methyl sites for hydroxylation is 1. The van der Waals surface area contributed by atoms with Crippen LogP contribution in [0.2, 0.25) is 0 Å². The molecule has 1 aromatic rings. The third kappa shape index (κ3) is 2.54. The topological polar surface area (TPSA) is 41.1 Å². The van der Waals surface area contributed by atoms with Gasteiger partial charge in [0, 0.05) is 29.9 Å². The Morgan fingerprint density at radius 2 is 1.95 bits per heavy atom. The number of nitrogens with one attached hydrogen (secondary N) is 1. The average molecular weight is 286 g/mol. The minimum absolute atomic E-state index is 0.641. The molecule has 3 heterocycles. The summed E-state index contributed by atoms with van der Waals surface area (Å²) in [6.07, 6.45) is 13.4. The van der Waals surface area contributed by atoms with Crippen LogP contribution in [0.5, 0.6) is 0 Å². The van der Waals surface area contributed by atoms with Gasteiger partial charge in [-0.15, -0.1) is 0 Å². The standard InChI is InChI=1S/C17H26N4/c1-2-7-14-13(6-1)17(20-12-19-14)21-11-4-3-9-16(21)15-8-5-10-18-15/h12,15-16,18H,1-11H2. The number of hydrogen-bond acceptors (Lipinski definition) is 4. The summed E-state index contributed by atoms with van der Waals surface area (Å²) in [6, 6.07) is 1.31. The van der Waals surface area contributed by atoms with Crippen LogP contribution in [0.1, 0.15) is 56.2 Å². The summed E-state index contributed by atoms with van der Waals surface area (Å²) in [7, 11) is 0. The average Bonchev–Trinajstić information content (AvgIpc) is 3.09. The summed E-state index contributed by atoms with van der Waals surface area (Å²) < 4.78 is 0. The van der Waals surface area contributed by atoms with Gasteiger partial charge in [0.2, 0.25) is 0 Å². The maximum atomic E-state index is 4.72. The molecular weight excluding hydrogens is 260 g/mol. The van der Waals surface area contributed by atoms with Gasteiger partial charge in [-0.3, -0.25) is 0 Å². The molecule has 4 nitrogen and oxygen atoms in total. The lowest BCUT2D eigenvalue weighted by atomic mass is 9.91. The van der Waals surface area contributed by atoms with Crippen LogP contribution < -0.4 is 10.2 Å². The van der Waals surface area contributed by atoms with Crippen molar-refractivity contribution in [2.24, 2.45) is 0 Å². The predicted octanol–water partition coefficient (Wildman–Crippen LogP) is 2.47. The minimum Gasteiger partial charge on any atom is -0.352 e. The van der Waals surface area contributed by atoms with Gasteiger partial charge in [-0.25, -0.2) is 9.97 Å². The Morgan fingerprint density at radius 3 is 2.86 bits per heavy atom. The Morgan fingerprint density at radius 1 is 1.00 bits per heavy atom. The van der Waals surface area contributed by atoms with Crippen LogP contribution in [-0.4, -0.2) is 35.1 Å². The van der Waals surface area contributed by atoms with Crippen LogP contribution in [0.25, 0.3) is 0 Å². The van der Waals surface area contributed by atoms with E-state index in [0.717, 1.165) is 6.42 Å². The van der Waals surface area contributed by atoms with E-state index in [9.17, 15) is 0 Å². The van der Waals surface area contributed by atoms with Crippen LogP contribution >= 0.6 is 0 Å². The first-order chi connectivity index (χ1) is 10.4. The van der Waals surface area contributed by atoms with E-state index in [4.69, 9.17) is 4.98 Å². The van der Waals surface area contributed by atoms with Gasteiger partial charge in [0.1, 0.15) is 12.1 Å². The number of nitrogens with zero attached hydrogens (tertiary/aromatic N) is 3. The number of rotatable bonds is 2. The summed E-state index contributed by atoms with van der Waals surface area (Å²) in [6.45, 7) is 2.36. The number of piperidine rings is 1. The number of anilines is 1. The van der Waals surface area contributed by atoms with Crippen molar-refractivity contribution in [3.8, 4) is 0 Å². The summed E-state index contributed by atoms with van der Waals surface area (Å²) in [5.74, 6) is 1.26. The summed E-state index contributed by atoms with van der Waals surface area (Å²) >= 11 is 0. The van der Waals surface area contributed by atoms with Crippen LogP contribution in [0.15, 0.2) is 6.33 Å². The maximum absolute atomic E-state index is 4.72. The first kappa shape index (κ1) is 13.5. The molecule has 0 aromatic carbocycles. The van der Waals surface area contributed by atoms with E-state index >= 15 is 0 Å². The van der Waals surface area contributed by atoms with E-state index in [1.807, 2.05) is 0 Å². The molecule has 2 saturated heterocycles. The van der Waals surface area contributed by atoms with Crippen LogP contribution in [-0.2, 0) is 12.8 Å². The third-order valence-corrected chi connectivity index (χ3v) is 5.49. The fourth-order valence-electron chi connectivity index (χ4n) is 4.43. The van der Waals surface area contributed by atoms with Gasteiger partial charge in [-0.05, 0) is 64.3 Å². The minimum atomic E-state index is 0.641. The highest BCUT2D eigenvalue weighted by atomic mass is 15.3. The Bertz CT molecular complexity index is 496. The molecule has 0 spiro atoms. The Labute approximate surface area is 127 Å². The van der Waals surface area contributed by atoms with Crippen LogP contribution in [0.4, 0.5) is 5.82 Å². The molecule has 2 aliphatic heterocycles. The van der Waals surface area contributed by atoms with Crippen molar-refractivity contribution in [3.63, 3.8) is 0 Å². The maximum Gasteiger partial charge on any atom is 0.135 e. The van der Waals surface area contributed by atoms with Crippen molar-refractivity contribution in [2.45, 2.75) is 69.9 Å². The third-order valence-electron chi connectivity index (χ3n) is 5.49. The quantitative estimate of drug-likeness (QED) is 0.907. The molecule has 1 N–H and O–H groups in total. The van der Waals surface area contributed by atoms with Gasteiger partial charge in [-0.1, -0.05) is 0 Å². The lowest BCUT2D eigenvalue weighted by molar-refractivity contribution is 0.375. The van der Waals surface area contributed by atoms with Gasteiger partial charge < -0.3 is 10.2 Å². The Hall–Kier alpha value is -1.16. The molecule has 4 heteroatoms. The molecule has 0 saturated carbocycles. The SMILES string of the molecule is c1nc2c(c(N3CCCCC3C3CCCN3)n1)CCCC2. The Balaban J connectivity index is 1.66. The molecule has 114 valence electrons. The van der Waals surface area contributed by atoms with E-state index in [1.54, 1.807) is 6.33 Å². The fourth-order valence-corrected chi connectivity index (χ4v) is 4.43. The highest BCUT2D eigenvalue weighted by Gasteiger charge is 2.34. The van der Waals surface area contributed by atoms with Crippen molar-refractivity contribution in [1.82, 2.24) is 15.3 Å². The molecule has 0 radical (unpaired) electrons. The molecule has 2 fully saturated rings. The molecule has 4 rings (SSSR count). The lowest BCUT2D eigenvalue weighted by Gasteiger charge is -2.41. The second kappa shape index (κ2) is 5.91. The molecule has 1 aromatic heterocycles. The van der Waals surface area contributed by atoms with E-state index in [2.05, 4.69) is 15.2 Å². The zero-order chi connectivity index (χ0) is 14.1. The van der Waals surface area contributed by atoms with Crippen molar-refractivity contribution >= 4 is 5.82 Å². The summed E-state index contributed by atoms with van der Waals surface area (Å²) in [5, 5.41) is 3.72. The highest BCUT2D eigenvalue weighted by molar-refractivity contribution is 5.51. The molecular formula is C17H26N4. The zero-order valence-corrected chi connectivity index (χ0v) is 12.9. The molecule has 3 aliphatic rings. The monoisotopic (exact) mass is 286 g/mol. The van der Waals surface area contributed by atoms with Gasteiger partial charge in [0.15, 0.2) is 0 Å². The van der Waals surface area contributed by atoms with Crippen molar-refractivity contribution in [1.29, 1.82) is 0 Å². The summed E-state index contributed by atoms with van der Waals surface area (Å²) in [4.78, 5) is 11.9. The van der Waals surface area contributed by atoms with Crippen LogP contribution in [0.3, 0.4) is 0 Å². The molecule has 0 amide bonds. The smallest absolute Gasteiger partial charge is 0.135 e. The van der Waals surface area contributed by atoms with Crippen LogP contribution in [0, 0.1) is 0 Å². The van der Waals surface area contributed by atoms with E-state index in [1.165, 1.54) is 81.5 Å². The Kier molecular flexibility index (Phi) is 3.80. The molecule has 2 unspecified atom stereocenters. The first-order valence-corrected chi connectivity index (χ1v) is 8.76. The number of fused-ring (bicyclic) bond motifs is 1. The number of aromatic nitrogens is 2. The predicted molar refractivity (Wildman–Crippen MR) is 84.7 cm³/mol. The van der Waals surface area contributed by atoms with Gasteiger partial charge >= 0.3 is 0 Å².